The molecule has 1 atom stereocenters. The van der Waals surface area contributed by atoms with Crippen LogP contribution < -0.4 is 0 Å². The number of aliphatic hydroxyl groups excluding tert-OH is 1. The fourth-order valence-corrected chi connectivity index (χ4v) is 0.956. The van der Waals surface area contributed by atoms with Crippen LogP contribution in [0.15, 0.2) is 30.3 Å². The van der Waals surface area contributed by atoms with E-state index in [1.807, 2.05) is 30.3 Å². The second-order valence-corrected chi connectivity index (χ2v) is 2.99. The van der Waals surface area contributed by atoms with Crippen molar-refractivity contribution in [3.63, 3.8) is 0 Å². The largest absolute Gasteiger partial charge is 0.391 e. The lowest BCUT2D eigenvalue weighted by molar-refractivity contribution is 0.204. The van der Waals surface area contributed by atoms with Crippen molar-refractivity contribution >= 4 is 11.6 Å². The summed E-state index contributed by atoms with van der Waals surface area (Å²) in [6.07, 6.45) is -0.0869. The number of alkyl halides is 1. The standard InChI is InChI=1S/C11H11ClO/c12-9-11(13)8-4-7-10-5-2-1-3-6-10/h1-3,5-6,11,13H,8-9H2. The molecule has 0 saturated carbocycles. The topological polar surface area (TPSA) is 20.2 Å². The SMILES string of the molecule is OC(CCl)CC#Cc1ccccc1. The molecule has 1 aromatic rings. The molecule has 2 heteroatoms. The van der Waals surface area contributed by atoms with Crippen molar-refractivity contribution in [3.8, 4) is 11.8 Å². The van der Waals surface area contributed by atoms with Crippen LogP contribution in [0.5, 0.6) is 0 Å². The van der Waals surface area contributed by atoms with E-state index in [1.54, 1.807) is 0 Å². The zero-order chi connectivity index (χ0) is 9.52. The number of aliphatic hydroxyl groups is 1. The quantitative estimate of drug-likeness (QED) is 0.564. The molecule has 0 aliphatic heterocycles. The minimum atomic E-state index is -0.516. The lowest BCUT2D eigenvalue weighted by atomic mass is 10.2. The Morgan fingerprint density at radius 2 is 2.00 bits per heavy atom. The van der Waals surface area contributed by atoms with Gasteiger partial charge in [-0.15, -0.1) is 11.6 Å². The smallest absolute Gasteiger partial charge is 0.0784 e. The first-order valence-corrected chi connectivity index (χ1v) is 4.64. The molecule has 68 valence electrons. The van der Waals surface area contributed by atoms with Crippen LogP contribution in [0.2, 0.25) is 0 Å². The number of benzene rings is 1. The van der Waals surface area contributed by atoms with Gasteiger partial charge in [0.1, 0.15) is 0 Å². The second-order valence-electron chi connectivity index (χ2n) is 2.68. The highest BCUT2D eigenvalue weighted by atomic mass is 35.5. The van der Waals surface area contributed by atoms with E-state index in [1.165, 1.54) is 0 Å². The number of hydrogen-bond acceptors (Lipinski definition) is 1. The van der Waals surface area contributed by atoms with E-state index in [0.717, 1.165) is 5.56 Å². The van der Waals surface area contributed by atoms with Crippen LogP contribution in [0, 0.1) is 11.8 Å². The second kappa shape index (κ2) is 5.64. The maximum atomic E-state index is 9.10. The number of rotatable bonds is 2. The van der Waals surface area contributed by atoms with E-state index < -0.39 is 6.10 Å². The first kappa shape index (κ1) is 10.1. The molecular formula is C11H11ClO. The number of hydrogen-bond donors (Lipinski definition) is 1. The normalized spacial score (nSPS) is 11.5. The van der Waals surface area contributed by atoms with Gasteiger partial charge in [-0.25, -0.2) is 0 Å². The van der Waals surface area contributed by atoms with E-state index in [4.69, 9.17) is 16.7 Å². The van der Waals surface area contributed by atoms with Crippen LogP contribution in [-0.2, 0) is 0 Å². The fraction of sp³-hybridized carbons (Fsp3) is 0.273. The van der Waals surface area contributed by atoms with E-state index in [2.05, 4.69) is 11.8 Å². The van der Waals surface area contributed by atoms with E-state index in [9.17, 15) is 0 Å². The lowest BCUT2D eigenvalue weighted by Crippen LogP contribution is -2.05. The maximum Gasteiger partial charge on any atom is 0.0784 e. The van der Waals surface area contributed by atoms with Crippen molar-refractivity contribution in [1.29, 1.82) is 0 Å². The van der Waals surface area contributed by atoms with Crippen LogP contribution in [0.4, 0.5) is 0 Å². The van der Waals surface area contributed by atoms with Crippen molar-refractivity contribution in [3.05, 3.63) is 35.9 Å². The van der Waals surface area contributed by atoms with Crippen LogP contribution in [0.1, 0.15) is 12.0 Å². The summed E-state index contributed by atoms with van der Waals surface area (Å²) in [6, 6.07) is 9.67. The van der Waals surface area contributed by atoms with E-state index in [0.29, 0.717) is 6.42 Å². The summed E-state index contributed by atoms with van der Waals surface area (Å²) in [5.74, 6) is 6.05. The summed E-state index contributed by atoms with van der Waals surface area (Å²) < 4.78 is 0. The van der Waals surface area contributed by atoms with Gasteiger partial charge in [-0.2, -0.15) is 0 Å². The summed E-state index contributed by atoms with van der Waals surface area (Å²) in [6.45, 7) is 0. The summed E-state index contributed by atoms with van der Waals surface area (Å²) >= 11 is 5.42. The van der Waals surface area contributed by atoms with Gasteiger partial charge in [0.2, 0.25) is 0 Å². The summed E-state index contributed by atoms with van der Waals surface area (Å²) in [5.41, 5.74) is 0.962. The maximum absolute atomic E-state index is 9.10. The Hall–Kier alpha value is -0.970. The molecule has 1 unspecified atom stereocenters. The van der Waals surface area contributed by atoms with Crippen molar-refractivity contribution in [2.75, 3.05) is 5.88 Å². The zero-order valence-corrected chi connectivity index (χ0v) is 7.96. The Morgan fingerprint density at radius 1 is 1.31 bits per heavy atom. The van der Waals surface area contributed by atoms with Gasteiger partial charge < -0.3 is 5.11 Å². The van der Waals surface area contributed by atoms with E-state index in [-0.39, 0.29) is 5.88 Å². The van der Waals surface area contributed by atoms with Gasteiger partial charge >= 0.3 is 0 Å². The van der Waals surface area contributed by atoms with Crippen molar-refractivity contribution in [2.24, 2.45) is 0 Å². The third kappa shape index (κ3) is 3.98. The van der Waals surface area contributed by atoms with Gasteiger partial charge in [0.15, 0.2) is 0 Å². The molecule has 0 heterocycles. The first-order chi connectivity index (χ1) is 6.33. The van der Waals surface area contributed by atoms with Gasteiger partial charge in [-0.05, 0) is 12.1 Å². The minimum absolute atomic E-state index is 0.240. The molecule has 1 nitrogen and oxygen atoms in total. The Labute approximate surface area is 83.4 Å². The van der Waals surface area contributed by atoms with Crippen molar-refractivity contribution < 1.29 is 5.11 Å². The molecule has 0 aromatic heterocycles. The third-order valence-electron chi connectivity index (χ3n) is 1.52. The lowest BCUT2D eigenvalue weighted by Gasteiger charge is -1.97. The highest BCUT2D eigenvalue weighted by Gasteiger charge is 1.96. The van der Waals surface area contributed by atoms with Gasteiger partial charge in [0.05, 0.1) is 6.10 Å². The Bertz CT molecular complexity index is 297. The van der Waals surface area contributed by atoms with Gasteiger partial charge in [0.25, 0.3) is 0 Å². The van der Waals surface area contributed by atoms with Gasteiger partial charge in [-0.1, -0.05) is 30.0 Å². The molecule has 0 spiro atoms. The molecule has 0 amide bonds. The Morgan fingerprint density at radius 3 is 2.62 bits per heavy atom. The molecular weight excluding hydrogens is 184 g/mol. The molecule has 0 aliphatic rings. The van der Waals surface area contributed by atoms with Crippen molar-refractivity contribution in [2.45, 2.75) is 12.5 Å². The van der Waals surface area contributed by atoms with Crippen LogP contribution in [0.25, 0.3) is 0 Å². The van der Waals surface area contributed by atoms with Crippen LogP contribution >= 0.6 is 11.6 Å². The molecule has 1 aromatic carbocycles. The predicted octanol–water partition coefficient (Wildman–Crippen LogP) is 2.03. The molecule has 13 heavy (non-hydrogen) atoms. The molecule has 0 radical (unpaired) electrons. The zero-order valence-electron chi connectivity index (χ0n) is 7.20. The van der Waals surface area contributed by atoms with Gasteiger partial charge in [-0.3, -0.25) is 0 Å². The summed E-state index contributed by atoms with van der Waals surface area (Å²) in [4.78, 5) is 0. The first-order valence-electron chi connectivity index (χ1n) is 4.11. The summed E-state index contributed by atoms with van der Waals surface area (Å²) in [5, 5.41) is 9.10. The van der Waals surface area contributed by atoms with Crippen LogP contribution in [0.3, 0.4) is 0 Å². The molecule has 0 bridgehead atoms. The molecule has 1 N–H and O–H groups in total. The summed E-state index contributed by atoms with van der Waals surface area (Å²) in [7, 11) is 0. The van der Waals surface area contributed by atoms with Gasteiger partial charge in [0, 0.05) is 17.9 Å². The Kier molecular flexibility index (Phi) is 4.39. The molecule has 1 rings (SSSR count). The molecule has 0 saturated heterocycles. The molecule has 0 fully saturated rings. The third-order valence-corrected chi connectivity index (χ3v) is 1.88. The van der Waals surface area contributed by atoms with E-state index >= 15 is 0 Å². The highest BCUT2D eigenvalue weighted by molar-refractivity contribution is 6.18. The fourth-order valence-electron chi connectivity index (χ4n) is 0.847. The van der Waals surface area contributed by atoms with Crippen molar-refractivity contribution in [1.82, 2.24) is 0 Å². The minimum Gasteiger partial charge on any atom is -0.391 e. The average Bonchev–Trinajstić information content (AvgIpc) is 2.19. The monoisotopic (exact) mass is 194 g/mol. The molecule has 0 aliphatic carbocycles. The average molecular weight is 195 g/mol. The van der Waals surface area contributed by atoms with Crippen LogP contribution in [-0.4, -0.2) is 17.1 Å². The Balaban J connectivity index is 2.49. The number of halogens is 1. The highest BCUT2D eigenvalue weighted by Crippen LogP contribution is 1.96. The predicted molar refractivity (Wildman–Crippen MR) is 54.7 cm³/mol.